The van der Waals surface area contributed by atoms with E-state index in [2.05, 4.69) is 52.5 Å². The molecule has 19 N–H and O–H groups in total. The minimum absolute atomic E-state index is 0.0494. The highest BCUT2D eigenvalue weighted by Gasteiger charge is 2.36. The number of hydrogen-bond acceptors (Lipinski definition) is 15. The van der Waals surface area contributed by atoms with Gasteiger partial charge in [0.25, 0.3) is 0 Å². The van der Waals surface area contributed by atoms with Crippen LogP contribution >= 0.6 is 11.8 Å². The fourth-order valence-corrected chi connectivity index (χ4v) is 9.28. The Kier molecular flexibility index (Phi) is 28.3. The van der Waals surface area contributed by atoms with Gasteiger partial charge in [-0.15, -0.1) is 0 Å². The number of nitrogens with zero attached hydrogens (tertiary/aromatic N) is 1. The number of H-pyrrole nitrogens is 1. The van der Waals surface area contributed by atoms with Crippen molar-refractivity contribution in [2.24, 2.45) is 28.1 Å². The summed E-state index contributed by atoms with van der Waals surface area (Å²) in [7, 11) is 0. The van der Waals surface area contributed by atoms with Crippen molar-refractivity contribution in [1.29, 1.82) is 0 Å². The van der Waals surface area contributed by atoms with Gasteiger partial charge in [-0.3, -0.25) is 52.9 Å². The molecule has 0 unspecified atom stereocenters. The number of carboxylic acid groups (broad SMARTS) is 3. The number of carbonyl (C=O) groups excluding carboxylic acids is 8. The van der Waals surface area contributed by atoms with Crippen LogP contribution in [0.2, 0.25) is 0 Å². The van der Waals surface area contributed by atoms with E-state index in [0.29, 0.717) is 34.0 Å². The van der Waals surface area contributed by atoms with Gasteiger partial charge < -0.3 is 85.1 Å². The molecule has 1 aromatic heterocycles. The van der Waals surface area contributed by atoms with E-state index in [1.807, 2.05) is 0 Å². The van der Waals surface area contributed by atoms with Crippen molar-refractivity contribution in [2.75, 3.05) is 25.1 Å². The molecule has 0 fully saturated rings. The first-order chi connectivity index (χ1) is 40.8. The lowest BCUT2D eigenvalue weighted by atomic mass is 10.0. The number of aromatic nitrogens is 1. The normalized spacial score (nSPS) is 13.8. The Bertz CT molecular complexity index is 3010. The molecule has 1 heterocycles. The van der Waals surface area contributed by atoms with E-state index in [9.17, 15) is 73.2 Å². The number of rotatable bonds is 37. The molecule has 0 saturated carbocycles. The molecule has 466 valence electrons. The molecule has 0 spiro atoms. The lowest BCUT2D eigenvalue weighted by Gasteiger charge is -2.27. The quantitative estimate of drug-likeness (QED) is 0.0146. The predicted octanol–water partition coefficient (Wildman–Crippen LogP) is -0.985. The standard InChI is InChI=1S/C57H77N13O15S/c1-31(2)24-45(56(84)85)64-46(72)30-63-50(78)39(19-20-47(73)74)65-54(82)43(27-34-29-62-38-14-8-7-12-36(34)38)69-53(81)42(26-33-15-17-35(71)18-16-33)68-55(83)44(28-48(75)76)70-51(79)40(21-23-86-3)66-52(80)41(25-32-10-5-4-6-11-32)67-49(77)37(58)13-9-22-61-57(59)60/h4-8,10-12,14-18,29,31,37,39-45,62,71H,9,13,19-28,30,58H2,1-3H3,(H,63,78)(H,64,72)(H,65,82)(H,66,80)(H,67,77)(H,68,83)(H,69,81)(H,70,79)(H,73,74)(H,75,76)(H,84,85)(H4,59,60,61)/t37-,39-,40-,41-,42-,43-,44-,45-/m0/s1. The van der Waals surface area contributed by atoms with Gasteiger partial charge in [0.05, 0.1) is 19.0 Å². The number of amides is 8. The summed E-state index contributed by atoms with van der Waals surface area (Å²) < 4.78 is 0. The monoisotopic (exact) mass is 1220 g/mol. The molecule has 8 atom stereocenters. The summed E-state index contributed by atoms with van der Waals surface area (Å²) >= 11 is 1.30. The Morgan fingerprint density at radius 3 is 1.67 bits per heavy atom. The Morgan fingerprint density at radius 1 is 0.581 bits per heavy atom. The average Bonchev–Trinajstić information content (AvgIpc) is 3.09. The van der Waals surface area contributed by atoms with E-state index >= 15 is 0 Å². The van der Waals surface area contributed by atoms with E-state index in [-0.39, 0.29) is 68.4 Å². The van der Waals surface area contributed by atoms with Gasteiger partial charge in [0, 0.05) is 49.3 Å². The Balaban J connectivity index is 1.65. The van der Waals surface area contributed by atoms with Crippen LogP contribution in [0, 0.1) is 5.92 Å². The Labute approximate surface area is 499 Å². The third-order valence-electron chi connectivity index (χ3n) is 13.3. The molecule has 0 aliphatic carbocycles. The highest BCUT2D eigenvalue weighted by atomic mass is 32.2. The molecular weight excluding hydrogens is 1140 g/mol. The lowest BCUT2D eigenvalue weighted by molar-refractivity contribution is -0.142. The zero-order valence-electron chi connectivity index (χ0n) is 47.8. The predicted molar refractivity (Wildman–Crippen MR) is 318 cm³/mol. The topological polar surface area (TPSA) is 471 Å². The second-order valence-corrected chi connectivity index (χ2v) is 21.6. The average molecular weight is 1220 g/mol. The van der Waals surface area contributed by atoms with Gasteiger partial charge in [0.1, 0.15) is 48.0 Å². The lowest BCUT2D eigenvalue weighted by Crippen LogP contribution is -2.61. The third-order valence-corrected chi connectivity index (χ3v) is 13.9. The van der Waals surface area contributed by atoms with Crippen molar-refractivity contribution in [3.05, 3.63) is 102 Å². The van der Waals surface area contributed by atoms with E-state index in [0.717, 1.165) is 0 Å². The van der Waals surface area contributed by atoms with Crippen molar-refractivity contribution < 1.29 is 73.2 Å². The summed E-state index contributed by atoms with van der Waals surface area (Å²) in [5, 5.41) is 59.9. The van der Waals surface area contributed by atoms with Crippen molar-refractivity contribution in [1.82, 2.24) is 47.5 Å². The summed E-state index contributed by atoms with van der Waals surface area (Å²) in [5.74, 6) is -12.2. The second-order valence-electron chi connectivity index (χ2n) is 20.7. The van der Waals surface area contributed by atoms with E-state index in [1.165, 1.54) is 36.0 Å². The number of benzene rings is 3. The number of fused-ring (bicyclic) bond motifs is 1. The number of carboxylic acids is 3. The van der Waals surface area contributed by atoms with E-state index in [1.54, 1.807) is 80.9 Å². The maximum Gasteiger partial charge on any atom is 0.326 e. The number of hydrogen-bond donors (Lipinski definition) is 16. The van der Waals surface area contributed by atoms with Gasteiger partial charge in [-0.1, -0.05) is 74.5 Å². The summed E-state index contributed by atoms with van der Waals surface area (Å²) in [4.78, 5) is 155. The number of guanidine groups is 1. The summed E-state index contributed by atoms with van der Waals surface area (Å²) in [5.41, 5.74) is 19.0. The summed E-state index contributed by atoms with van der Waals surface area (Å²) in [6.45, 7) is 2.91. The minimum Gasteiger partial charge on any atom is -0.508 e. The van der Waals surface area contributed by atoms with Crippen LogP contribution in [0.15, 0.2) is 90.1 Å². The molecule has 4 rings (SSSR count). The maximum atomic E-state index is 14.8. The van der Waals surface area contributed by atoms with Crippen LogP contribution < -0.4 is 59.7 Å². The van der Waals surface area contributed by atoms with Crippen LogP contribution in [-0.2, 0) is 72.0 Å². The number of phenols is 1. The Morgan fingerprint density at radius 2 is 1.10 bits per heavy atom. The molecule has 0 saturated heterocycles. The zero-order chi connectivity index (χ0) is 63.5. The zero-order valence-corrected chi connectivity index (χ0v) is 48.7. The fourth-order valence-electron chi connectivity index (χ4n) is 8.81. The number of aromatic hydroxyl groups is 1. The van der Waals surface area contributed by atoms with Gasteiger partial charge in [0.2, 0.25) is 47.3 Å². The Hall–Kier alpha value is -9.25. The number of para-hydroxylation sites is 1. The first-order valence-electron chi connectivity index (χ1n) is 27.6. The van der Waals surface area contributed by atoms with Gasteiger partial charge in [-0.25, -0.2) is 4.79 Å². The second kappa shape index (κ2) is 35.1. The van der Waals surface area contributed by atoms with Crippen LogP contribution in [0.5, 0.6) is 5.75 Å². The van der Waals surface area contributed by atoms with Crippen LogP contribution in [-0.4, -0.2) is 170 Å². The number of phenolic OH excluding ortho intramolecular Hbond substituents is 1. The maximum absolute atomic E-state index is 14.8. The largest absolute Gasteiger partial charge is 0.508 e. The van der Waals surface area contributed by atoms with Crippen LogP contribution in [0.1, 0.15) is 75.5 Å². The summed E-state index contributed by atoms with van der Waals surface area (Å²) in [6, 6.07) is 8.97. The number of thioether (sulfide) groups is 1. The van der Waals surface area contributed by atoms with Crippen molar-refractivity contribution in [2.45, 2.75) is 126 Å². The molecule has 0 aliphatic rings. The van der Waals surface area contributed by atoms with Crippen molar-refractivity contribution in [3.63, 3.8) is 0 Å². The van der Waals surface area contributed by atoms with E-state index < -0.39 is 139 Å². The minimum atomic E-state index is -1.92. The number of nitrogens with one attached hydrogen (secondary N) is 9. The number of carbonyl (C=O) groups is 11. The number of aromatic amines is 1. The molecule has 8 amide bonds. The van der Waals surface area contributed by atoms with Gasteiger partial charge in [-0.05, 0) is 84.9 Å². The smallest absolute Gasteiger partial charge is 0.326 e. The molecule has 4 aromatic rings. The first-order valence-corrected chi connectivity index (χ1v) is 29.0. The molecule has 28 nitrogen and oxygen atoms in total. The highest BCUT2D eigenvalue weighted by molar-refractivity contribution is 7.98. The molecular formula is C57H77N13O15S. The van der Waals surface area contributed by atoms with Crippen LogP contribution in [0.3, 0.4) is 0 Å². The molecule has 0 bridgehead atoms. The molecule has 86 heavy (non-hydrogen) atoms. The van der Waals surface area contributed by atoms with Gasteiger partial charge in [0.15, 0.2) is 5.96 Å². The van der Waals surface area contributed by atoms with Gasteiger partial charge in [-0.2, -0.15) is 11.8 Å². The SMILES string of the molecule is CSCC[C@H](NC(=O)[C@H](Cc1ccccc1)NC(=O)[C@@H](N)CCCN=C(N)N)C(=O)N[C@@H](CC(=O)O)C(=O)N[C@@H](Cc1ccc(O)cc1)C(=O)N[C@@H](Cc1c[nH]c2ccccc12)C(=O)N[C@@H](CCC(=O)O)C(=O)NCC(=O)N[C@@H](CC(C)C)C(=O)O. The van der Waals surface area contributed by atoms with Crippen LogP contribution in [0.25, 0.3) is 10.9 Å². The molecule has 0 radical (unpaired) electrons. The number of aliphatic imine (C=N–C) groups is 1. The first kappa shape index (κ1) is 69.2. The van der Waals surface area contributed by atoms with Gasteiger partial charge >= 0.3 is 17.9 Å². The fraction of sp³-hybridized carbons (Fsp3) is 0.439. The molecule has 0 aliphatic heterocycles. The number of nitrogens with two attached hydrogens (primary N) is 3. The summed E-state index contributed by atoms with van der Waals surface area (Å²) in [6.07, 6.45) is 0.833. The molecule has 29 heteroatoms. The van der Waals surface area contributed by atoms with Crippen LogP contribution in [0.4, 0.5) is 0 Å². The number of aliphatic carboxylic acids is 3. The van der Waals surface area contributed by atoms with E-state index in [4.69, 9.17) is 17.2 Å². The third kappa shape index (κ3) is 24.2. The molecule has 3 aromatic carbocycles. The van der Waals surface area contributed by atoms with Crippen molar-refractivity contribution >= 4 is 93.8 Å². The highest BCUT2D eigenvalue weighted by Crippen LogP contribution is 2.20. The van der Waals surface area contributed by atoms with Crippen molar-refractivity contribution in [3.8, 4) is 5.75 Å².